The number of carbonyl (C=O) groups is 1. The molecule has 7 heteroatoms. The normalized spacial score (nSPS) is 11.0. The Bertz CT molecular complexity index is 1020. The van der Waals surface area contributed by atoms with Crippen LogP contribution in [0.15, 0.2) is 48.5 Å². The van der Waals surface area contributed by atoms with E-state index >= 15 is 0 Å². The number of nitrogens with zero attached hydrogens (tertiary/aromatic N) is 2. The molecule has 1 heterocycles. The maximum Gasteiger partial charge on any atom is 0.221 e. The molecule has 1 aromatic heterocycles. The molecule has 0 aliphatic heterocycles. The number of halogens is 2. The zero-order valence-corrected chi connectivity index (χ0v) is 20.3. The van der Waals surface area contributed by atoms with E-state index in [1.165, 1.54) is 10.4 Å². The average Bonchev–Trinajstić information content (AvgIpc) is 3.16. The minimum atomic E-state index is 0.0155. The summed E-state index contributed by atoms with van der Waals surface area (Å²) in [6, 6.07) is 15.9. The van der Waals surface area contributed by atoms with Crippen LogP contribution in [0.2, 0.25) is 10.0 Å². The van der Waals surface area contributed by atoms with Crippen LogP contribution in [-0.4, -0.2) is 24.5 Å². The number of hydrogen-bond acceptors (Lipinski definition) is 4. The molecule has 0 saturated carbocycles. The molecule has 0 atom stereocenters. The van der Waals surface area contributed by atoms with Crippen molar-refractivity contribution in [2.75, 3.05) is 18.5 Å². The Balaban J connectivity index is 1.99. The van der Waals surface area contributed by atoms with E-state index in [9.17, 15) is 4.79 Å². The number of amides is 1. The lowest BCUT2D eigenvalue weighted by molar-refractivity contribution is -0.120. The average molecular weight is 476 g/mol. The summed E-state index contributed by atoms with van der Waals surface area (Å²) in [7, 11) is 1.66. The smallest absolute Gasteiger partial charge is 0.221 e. The van der Waals surface area contributed by atoms with Gasteiger partial charge >= 0.3 is 0 Å². The Morgan fingerprint density at radius 3 is 2.52 bits per heavy atom. The molecule has 0 unspecified atom stereocenters. The number of nitrogens with one attached hydrogen (secondary N) is 1. The first-order valence-electron chi connectivity index (χ1n) is 10.3. The van der Waals surface area contributed by atoms with Gasteiger partial charge in [0.05, 0.1) is 15.7 Å². The van der Waals surface area contributed by atoms with E-state index in [1.807, 2.05) is 36.4 Å². The summed E-state index contributed by atoms with van der Waals surface area (Å²) in [5, 5.41) is 4.66. The summed E-state index contributed by atoms with van der Waals surface area (Å²) in [4.78, 5) is 20.3. The first-order chi connectivity index (χ1) is 14.9. The van der Waals surface area contributed by atoms with Crippen LogP contribution in [0.25, 0.3) is 11.3 Å². The van der Waals surface area contributed by atoms with Crippen molar-refractivity contribution in [3.63, 3.8) is 0 Å². The standard InChI is InChI=1S/C24H27Cl2N3OS/c1-16(2)13-21-23(18-9-10-19(25)20(26)14-18)28-24(31-21)29(12-11-22(30)27-3)15-17-7-5-4-6-8-17/h4-10,14,16H,11-13,15H2,1-3H3,(H,27,30). The van der Waals surface area contributed by atoms with Crippen molar-refractivity contribution in [3.05, 3.63) is 69.0 Å². The van der Waals surface area contributed by atoms with Crippen molar-refractivity contribution < 1.29 is 4.79 Å². The van der Waals surface area contributed by atoms with Crippen LogP contribution in [0, 0.1) is 5.92 Å². The molecular weight excluding hydrogens is 449 g/mol. The van der Waals surface area contributed by atoms with Gasteiger partial charge < -0.3 is 10.2 Å². The largest absolute Gasteiger partial charge is 0.359 e. The number of thiazole rings is 1. The molecule has 3 aromatic rings. The van der Waals surface area contributed by atoms with E-state index in [0.29, 0.717) is 35.5 Å². The van der Waals surface area contributed by atoms with Gasteiger partial charge in [0, 0.05) is 37.0 Å². The summed E-state index contributed by atoms with van der Waals surface area (Å²) < 4.78 is 0. The van der Waals surface area contributed by atoms with Gasteiger partial charge in [-0.25, -0.2) is 4.98 Å². The van der Waals surface area contributed by atoms with E-state index in [1.54, 1.807) is 18.4 Å². The van der Waals surface area contributed by atoms with E-state index in [-0.39, 0.29) is 5.91 Å². The first-order valence-corrected chi connectivity index (χ1v) is 11.9. The van der Waals surface area contributed by atoms with Crippen LogP contribution in [-0.2, 0) is 17.8 Å². The molecule has 0 bridgehead atoms. The van der Waals surface area contributed by atoms with Crippen molar-refractivity contribution in [1.82, 2.24) is 10.3 Å². The molecule has 0 spiro atoms. The predicted octanol–water partition coefficient (Wildman–Crippen LogP) is 6.46. The second-order valence-electron chi connectivity index (χ2n) is 7.83. The Morgan fingerprint density at radius 1 is 1.13 bits per heavy atom. The van der Waals surface area contributed by atoms with Crippen LogP contribution >= 0.6 is 34.5 Å². The van der Waals surface area contributed by atoms with Gasteiger partial charge in [-0.2, -0.15) is 0 Å². The zero-order chi connectivity index (χ0) is 22.4. The predicted molar refractivity (Wildman–Crippen MR) is 132 cm³/mol. The lowest BCUT2D eigenvalue weighted by Crippen LogP contribution is -2.29. The Kier molecular flexibility index (Phi) is 8.35. The fraction of sp³-hybridized carbons (Fsp3) is 0.333. The van der Waals surface area contributed by atoms with Crippen LogP contribution in [0.1, 0.15) is 30.7 Å². The molecular formula is C24H27Cl2N3OS. The second-order valence-corrected chi connectivity index (χ2v) is 9.70. The zero-order valence-electron chi connectivity index (χ0n) is 18.0. The number of carbonyl (C=O) groups excluding carboxylic acids is 1. The van der Waals surface area contributed by atoms with E-state index < -0.39 is 0 Å². The molecule has 0 fully saturated rings. The third-order valence-electron chi connectivity index (χ3n) is 4.85. The summed E-state index contributed by atoms with van der Waals surface area (Å²) in [5.41, 5.74) is 3.07. The number of aromatic nitrogens is 1. The van der Waals surface area contributed by atoms with Crippen LogP contribution in [0.3, 0.4) is 0 Å². The van der Waals surface area contributed by atoms with Crippen LogP contribution in [0.5, 0.6) is 0 Å². The highest BCUT2D eigenvalue weighted by molar-refractivity contribution is 7.16. The molecule has 0 aliphatic carbocycles. The monoisotopic (exact) mass is 475 g/mol. The van der Waals surface area contributed by atoms with Gasteiger partial charge in [-0.15, -0.1) is 11.3 Å². The summed E-state index contributed by atoms with van der Waals surface area (Å²) in [6.07, 6.45) is 1.33. The molecule has 0 saturated heterocycles. The second kappa shape index (κ2) is 11.0. The third kappa shape index (κ3) is 6.45. The molecule has 0 radical (unpaired) electrons. The minimum Gasteiger partial charge on any atom is -0.359 e. The van der Waals surface area contributed by atoms with Crippen molar-refractivity contribution in [2.24, 2.45) is 5.92 Å². The number of anilines is 1. The highest BCUT2D eigenvalue weighted by Crippen LogP contribution is 2.37. The quantitative estimate of drug-likeness (QED) is 0.386. The van der Waals surface area contributed by atoms with Gasteiger partial charge in [-0.05, 0) is 30.0 Å². The van der Waals surface area contributed by atoms with Gasteiger partial charge in [-0.3, -0.25) is 4.79 Å². The fourth-order valence-electron chi connectivity index (χ4n) is 3.26. The van der Waals surface area contributed by atoms with Crippen LogP contribution in [0.4, 0.5) is 5.13 Å². The molecule has 2 aromatic carbocycles. The molecule has 4 nitrogen and oxygen atoms in total. The maximum atomic E-state index is 11.9. The van der Waals surface area contributed by atoms with Gasteiger partial charge in [0.15, 0.2) is 5.13 Å². The number of hydrogen-bond donors (Lipinski definition) is 1. The minimum absolute atomic E-state index is 0.0155. The number of benzene rings is 2. The number of rotatable bonds is 9. The molecule has 31 heavy (non-hydrogen) atoms. The van der Waals surface area contributed by atoms with Crippen molar-refractivity contribution in [2.45, 2.75) is 33.2 Å². The molecule has 3 rings (SSSR count). The highest BCUT2D eigenvalue weighted by Gasteiger charge is 2.20. The lowest BCUT2D eigenvalue weighted by Gasteiger charge is -2.21. The SMILES string of the molecule is CNC(=O)CCN(Cc1ccccc1)c1nc(-c2ccc(Cl)c(Cl)c2)c(CC(C)C)s1. The summed E-state index contributed by atoms with van der Waals surface area (Å²) >= 11 is 14.1. The lowest BCUT2D eigenvalue weighted by atomic mass is 10.0. The van der Waals surface area contributed by atoms with Gasteiger partial charge in [0.25, 0.3) is 0 Å². The molecule has 164 valence electrons. The highest BCUT2D eigenvalue weighted by atomic mass is 35.5. The maximum absolute atomic E-state index is 11.9. The van der Waals surface area contributed by atoms with E-state index in [0.717, 1.165) is 22.8 Å². The fourth-order valence-corrected chi connectivity index (χ4v) is 4.88. The molecule has 1 N–H and O–H groups in total. The van der Waals surface area contributed by atoms with Gasteiger partial charge in [0.1, 0.15) is 0 Å². The van der Waals surface area contributed by atoms with Crippen molar-refractivity contribution in [1.29, 1.82) is 0 Å². The first kappa shape index (κ1) is 23.6. The topological polar surface area (TPSA) is 45.2 Å². The van der Waals surface area contributed by atoms with Crippen molar-refractivity contribution >= 4 is 45.6 Å². The summed E-state index contributed by atoms with van der Waals surface area (Å²) in [5.74, 6) is 0.505. The third-order valence-corrected chi connectivity index (χ3v) is 6.72. The molecule has 0 aliphatic rings. The Morgan fingerprint density at radius 2 is 1.87 bits per heavy atom. The Hall–Kier alpha value is -2.08. The van der Waals surface area contributed by atoms with Gasteiger partial charge in [0.2, 0.25) is 5.91 Å². The summed E-state index contributed by atoms with van der Waals surface area (Å²) in [6.45, 7) is 5.67. The van der Waals surface area contributed by atoms with E-state index in [4.69, 9.17) is 28.2 Å². The molecule has 1 amide bonds. The van der Waals surface area contributed by atoms with Crippen molar-refractivity contribution in [3.8, 4) is 11.3 Å². The van der Waals surface area contributed by atoms with Gasteiger partial charge in [-0.1, -0.05) is 73.4 Å². The Labute approximate surface area is 198 Å². The van der Waals surface area contributed by atoms with E-state index in [2.05, 4.69) is 36.2 Å². The van der Waals surface area contributed by atoms with Crippen LogP contribution < -0.4 is 10.2 Å².